The van der Waals surface area contributed by atoms with Crippen LogP contribution in [0, 0.1) is 13.8 Å². The van der Waals surface area contributed by atoms with Crippen molar-refractivity contribution in [2.45, 2.75) is 50.1 Å². The summed E-state index contributed by atoms with van der Waals surface area (Å²) in [6, 6.07) is 6.11. The molecule has 2 fully saturated rings. The lowest BCUT2D eigenvalue weighted by Gasteiger charge is -2.31. The highest BCUT2D eigenvalue weighted by Gasteiger charge is 2.32. The molecule has 5 nitrogen and oxygen atoms in total. The summed E-state index contributed by atoms with van der Waals surface area (Å²) in [5.74, 6) is 0. The molecule has 0 saturated carbocycles. The van der Waals surface area contributed by atoms with E-state index in [4.69, 9.17) is 4.74 Å². The van der Waals surface area contributed by atoms with Crippen molar-refractivity contribution in [1.82, 2.24) is 9.62 Å². The number of hydrogen-bond acceptors (Lipinski definition) is 4. The van der Waals surface area contributed by atoms with E-state index in [0.29, 0.717) is 10.9 Å². The van der Waals surface area contributed by atoms with E-state index in [1.54, 1.807) is 6.07 Å². The van der Waals surface area contributed by atoms with Gasteiger partial charge >= 0.3 is 0 Å². The summed E-state index contributed by atoms with van der Waals surface area (Å²) >= 11 is 0. The van der Waals surface area contributed by atoms with Crippen molar-refractivity contribution >= 4 is 10.0 Å². The summed E-state index contributed by atoms with van der Waals surface area (Å²) < 4.78 is 33.7. The molecule has 3 rings (SSSR count). The summed E-state index contributed by atoms with van der Waals surface area (Å²) in [6.45, 7) is 7.16. The van der Waals surface area contributed by atoms with Crippen molar-refractivity contribution in [2.24, 2.45) is 0 Å². The topological polar surface area (TPSA) is 58.6 Å². The Hall–Kier alpha value is -0.950. The number of sulfonamides is 1. The third-order valence-electron chi connectivity index (χ3n) is 4.88. The number of hydrogen-bond donors (Lipinski definition) is 1. The van der Waals surface area contributed by atoms with Crippen LogP contribution in [0.2, 0.25) is 0 Å². The van der Waals surface area contributed by atoms with Crippen molar-refractivity contribution in [2.75, 3.05) is 26.3 Å². The second kappa shape index (κ2) is 6.89. The van der Waals surface area contributed by atoms with Crippen LogP contribution in [0.4, 0.5) is 0 Å². The molecule has 2 heterocycles. The summed E-state index contributed by atoms with van der Waals surface area (Å²) in [7, 11) is -3.45. The van der Waals surface area contributed by atoms with Crippen LogP contribution in [0.5, 0.6) is 0 Å². The predicted molar refractivity (Wildman–Crippen MR) is 90.1 cm³/mol. The average Bonchev–Trinajstić information content (AvgIpc) is 2.98. The highest BCUT2D eigenvalue weighted by molar-refractivity contribution is 7.89. The quantitative estimate of drug-likeness (QED) is 0.910. The number of nitrogens with zero attached hydrogens (tertiary/aromatic N) is 1. The fraction of sp³-hybridized carbons (Fsp3) is 0.647. The van der Waals surface area contributed by atoms with Gasteiger partial charge in [0.25, 0.3) is 0 Å². The Morgan fingerprint density at radius 3 is 2.65 bits per heavy atom. The van der Waals surface area contributed by atoms with E-state index < -0.39 is 10.0 Å². The van der Waals surface area contributed by atoms with Crippen molar-refractivity contribution in [3.05, 3.63) is 29.3 Å². The molecule has 1 unspecified atom stereocenters. The van der Waals surface area contributed by atoms with Crippen LogP contribution in [-0.2, 0) is 14.8 Å². The first-order valence-electron chi connectivity index (χ1n) is 8.37. The van der Waals surface area contributed by atoms with E-state index in [2.05, 4.69) is 9.62 Å². The van der Waals surface area contributed by atoms with Gasteiger partial charge in [0, 0.05) is 38.4 Å². The zero-order chi connectivity index (χ0) is 16.4. The maximum Gasteiger partial charge on any atom is 0.241 e. The Morgan fingerprint density at radius 2 is 1.91 bits per heavy atom. The monoisotopic (exact) mass is 338 g/mol. The number of ether oxygens (including phenoxy) is 1. The van der Waals surface area contributed by atoms with Gasteiger partial charge in [-0.1, -0.05) is 12.1 Å². The molecule has 1 atom stereocenters. The number of benzene rings is 1. The highest BCUT2D eigenvalue weighted by Crippen LogP contribution is 2.22. The fourth-order valence-corrected chi connectivity index (χ4v) is 5.14. The minimum Gasteiger partial charge on any atom is -0.381 e. The zero-order valence-electron chi connectivity index (χ0n) is 13.9. The number of nitrogens with one attached hydrogen (secondary N) is 1. The minimum atomic E-state index is -3.45. The maximum atomic E-state index is 12.7. The largest absolute Gasteiger partial charge is 0.381 e. The smallest absolute Gasteiger partial charge is 0.241 e. The normalized spacial score (nSPS) is 24.2. The lowest BCUT2D eigenvalue weighted by Crippen LogP contribution is -2.41. The first-order valence-corrected chi connectivity index (χ1v) is 9.85. The van der Waals surface area contributed by atoms with Gasteiger partial charge in [0.2, 0.25) is 10.0 Å². The van der Waals surface area contributed by atoms with Gasteiger partial charge in [0.05, 0.1) is 4.90 Å². The van der Waals surface area contributed by atoms with Gasteiger partial charge in [-0.15, -0.1) is 0 Å². The summed E-state index contributed by atoms with van der Waals surface area (Å²) in [4.78, 5) is 2.82. The van der Waals surface area contributed by atoms with Gasteiger partial charge in [-0.3, -0.25) is 4.90 Å². The molecular weight excluding hydrogens is 312 g/mol. The lowest BCUT2D eigenvalue weighted by molar-refractivity contribution is 0.0418. The molecular formula is C17H26N2O3S. The molecule has 0 spiro atoms. The van der Waals surface area contributed by atoms with Crippen LogP contribution in [0.25, 0.3) is 0 Å². The van der Waals surface area contributed by atoms with Gasteiger partial charge in [-0.25, -0.2) is 13.1 Å². The van der Waals surface area contributed by atoms with Crippen molar-refractivity contribution in [1.29, 1.82) is 0 Å². The number of rotatable bonds is 4. The lowest BCUT2D eigenvalue weighted by atomic mass is 10.1. The first-order chi connectivity index (χ1) is 11.0. The molecule has 0 amide bonds. The van der Waals surface area contributed by atoms with Crippen molar-refractivity contribution in [3.8, 4) is 0 Å². The molecule has 1 aromatic rings. The Kier molecular flexibility index (Phi) is 5.06. The van der Waals surface area contributed by atoms with E-state index >= 15 is 0 Å². The molecule has 2 aliphatic heterocycles. The molecule has 0 bridgehead atoms. The third-order valence-corrected chi connectivity index (χ3v) is 6.54. The van der Waals surface area contributed by atoms with Crippen LogP contribution < -0.4 is 4.72 Å². The minimum absolute atomic E-state index is 0.00255. The van der Waals surface area contributed by atoms with Gasteiger partial charge in [0.15, 0.2) is 0 Å². The maximum absolute atomic E-state index is 12.7. The standard InChI is InChI=1S/C17H26N2O3S/c1-13-3-4-14(2)17(11-13)23(20,21)18-15-5-8-19(12-15)16-6-9-22-10-7-16/h3-4,11,15-16,18H,5-10,12H2,1-2H3. The van der Waals surface area contributed by atoms with Gasteiger partial charge in [0.1, 0.15) is 0 Å². The molecule has 1 N–H and O–H groups in total. The summed E-state index contributed by atoms with van der Waals surface area (Å²) in [6.07, 6.45) is 2.98. The zero-order valence-corrected chi connectivity index (χ0v) is 14.7. The molecule has 0 aromatic heterocycles. The summed E-state index contributed by atoms with van der Waals surface area (Å²) in [5.41, 5.74) is 1.76. The second-order valence-electron chi connectivity index (χ2n) is 6.71. The first kappa shape index (κ1) is 16.9. The molecule has 2 aliphatic rings. The fourth-order valence-electron chi connectivity index (χ4n) is 3.55. The van der Waals surface area contributed by atoms with Crippen LogP contribution >= 0.6 is 0 Å². The molecule has 2 saturated heterocycles. The Bertz CT molecular complexity index is 654. The second-order valence-corrected chi connectivity index (χ2v) is 8.40. The van der Waals surface area contributed by atoms with Gasteiger partial charge in [-0.05, 0) is 50.3 Å². The van der Waals surface area contributed by atoms with Crippen LogP contribution in [0.3, 0.4) is 0 Å². The van der Waals surface area contributed by atoms with Crippen molar-refractivity contribution < 1.29 is 13.2 Å². The Morgan fingerprint density at radius 1 is 1.17 bits per heavy atom. The third kappa shape index (κ3) is 3.94. The number of aryl methyl sites for hydroxylation is 2. The van der Waals surface area contributed by atoms with Crippen molar-refractivity contribution in [3.63, 3.8) is 0 Å². The Balaban J connectivity index is 1.66. The van der Waals surface area contributed by atoms with Gasteiger partial charge < -0.3 is 4.74 Å². The Labute approximate surface area is 139 Å². The van der Waals surface area contributed by atoms with E-state index in [-0.39, 0.29) is 6.04 Å². The molecule has 6 heteroatoms. The predicted octanol–water partition coefficient (Wildman–Crippen LogP) is 1.84. The summed E-state index contributed by atoms with van der Waals surface area (Å²) in [5, 5.41) is 0. The number of likely N-dealkylation sites (tertiary alicyclic amines) is 1. The van der Waals surface area contributed by atoms with E-state index in [0.717, 1.165) is 56.7 Å². The van der Waals surface area contributed by atoms with Crippen LogP contribution in [0.15, 0.2) is 23.1 Å². The molecule has 1 aromatic carbocycles. The highest BCUT2D eigenvalue weighted by atomic mass is 32.2. The molecule has 0 aliphatic carbocycles. The van der Waals surface area contributed by atoms with E-state index in [9.17, 15) is 8.42 Å². The molecule has 0 radical (unpaired) electrons. The van der Waals surface area contributed by atoms with Crippen LogP contribution in [-0.4, -0.2) is 51.7 Å². The van der Waals surface area contributed by atoms with Crippen LogP contribution in [0.1, 0.15) is 30.4 Å². The van der Waals surface area contributed by atoms with Gasteiger partial charge in [-0.2, -0.15) is 0 Å². The van der Waals surface area contributed by atoms with E-state index in [1.165, 1.54) is 0 Å². The average molecular weight is 338 g/mol. The molecule has 128 valence electrons. The van der Waals surface area contributed by atoms with E-state index in [1.807, 2.05) is 26.0 Å². The SMILES string of the molecule is Cc1ccc(C)c(S(=O)(=O)NC2CCN(C3CCOCC3)C2)c1. The molecule has 23 heavy (non-hydrogen) atoms.